The Morgan fingerprint density at radius 2 is 1.68 bits per heavy atom. The van der Waals surface area contributed by atoms with E-state index in [0.717, 1.165) is 11.3 Å². The van der Waals surface area contributed by atoms with Crippen molar-refractivity contribution < 1.29 is 14.7 Å². The molecule has 2 aromatic rings. The van der Waals surface area contributed by atoms with Gasteiger partial charge in [0.1, 0.15) is 11.4 Å². The molecule has 0 saturated carbocycles. The average molecular weight is 426 g/mol. The summed E-state index contributed by atoms with van der Waals surface area (Å²) in [5, 5.41) is 16.1. The highest BCUT2D eigenvalue weighted by molar-refractivity contribution is 6.07. The number of aldehydes is 1. The molecule has 0 aromatic heterocycles. The number of benzene rings is 2. The van der Waals surface area contributed by atoms with E-state index in [9.17, 15) is 14.7 Å². The Bertz CT molecular complexity index is 869. The molecule has 0 saturated heterocycles. The highest BCUT2D eigenvalue weighted by Crippen LogP contribution is 2.31. The van der Waals surface area contributed by atoms with Crippen molar-refractivity contribution in [3.05, 3.63) is 71.1 Å². The van der Waals surface area contributed by atoms with Gasteiger partial charge in [0, 0.05) is 18.3 Å². The predicted molar refractivity (Wildman–Crippen MR) is 127 cm³/mol. The van der Waals surface area contributed by atoms with Gasteiger partial charge >= 0.3 is 0 Å². The van der Waals surface area contributed by atoms with Crippen molar-refractivity contribution in [2.24, 2.45) is 0 Å². The second kappa shape index (κ2) is 13.2. The van der Waals surface area contributed by atoms with E-state index >= 15 is 0 Å². The van der Waals surface area contributed by atoms with Gasteiger partial charge < -0.3 is 20.6 Å². The minimum Gasteiger partial charge on any atom is -0.505 e. The third-order valence-electron chi connectivity index (χ3n) is 4.75. The third-order valence-corrected chi connectivity index (χ3v) is 4.75. The summed E-state index contributed by atoms with van der Waals surface area (Å²) in [6.07, 6.45) is 0.912. The summed E-state index contributed by atoms with van der Waals surface area (Å²) >= 11 is 0. The molecule has 168 valence electrons. The van der Waals surface area contributed by atoms with E-state index in [4.69, 9.17) is 0 Å². The summed E-state index contributed by atoms with van der Waals surface area (Å²) in [6, 6.07) is 15.3. The van der Waals surface area contributed by atoms with E-state index in [1.807, 2.05) is 44.2 Å². The van der Waals surface area contributed by atoms with Gasteiger partial charge in [-0.25, -0.2) is 0 Å². The number of phenolic OH excluding ortho intramolecular Hbond substituents is 1. The molecular weight excluding hydrogens is 390 g/mol. The van der Waals surface area contributed by atoms with Gasteiger partial charge in [-0.15, -0.1) is 0 Å². The number of ketones is 1. The zero-order valence-corrected chi connectivity index (χ0v) is 19.4. The molecule has 0 heterocycles. The Balaban J connectivity index is 0.000000521. The molecule has 0 spiro atoms. The standard InChI is InChI=1S/C18H16N2O3.C5H13N.C2H6/c21-11-13-7-4-8-14(18(13)23)20-17-15(9-16(17)22)19-10-12-5-2-1-3-6-12;1-5(2)6(3)4;1-2/h1-8,11,19-20,23H,9-10H2;5H,1-4H3;1-2H3. The Labute approximate surface area is 186 Å². The zero-order chi connectivity index (χ0) is 23.4. The molecule has 6 nitrogen and oxygen atoms in total. The number of nitrogens with zero attached hydrogens (tertiary/aromatic N) is 1. The van der Waals surface area contributed by atoms with Crippen LogP contribution in [0.5, 0.6) is 5.75 Å². The fraction of sp³-hybridized carbons (Fsp3) is 0.360. The Morgan fingerprint density at radius 1 is 1.06 bits per heavy atom. The van der Waals surface area contributed by atoms with Crippen LogP contribution in [0.1, 0.15) is 50.0 Å². The van der Waals surface area contributed by atoms with Crippen LogP contribution in [0.3, 0.4) is 0 Å². The molecule has 3 rings (SSSR count). The fourth-order valence-electron chi connectivity index (χ4n) is 2.39. The molecule has 31 heavy (non-hydrogen) atoms. The second-order valence-corrected chi connectivity index (χ2v) is 7.34. The first-order valence-corrected chi connectivity index (χ1v) is 10.6. The van der Waals surface area contributed by atoms with Crippen molar-refractivity contribution in [2.75, 3.05) is 19.4 Å². The lowest BCUT2D eigenvalue weighted by Crippen LogP contribution is -2.32. The number of nitrogens with one attached hydrogen (secondary N) is 2. The second-order valence-electron chi connectivity index (χ2n) is 7.34. The molecule has 0 amide bonds. The van der Waals surface area contributed by atoms with Gasteiger partial charge in [-0.05, 0) is 45.6 Å². The van der Waals surface area contributed by atoms with E-state index in [0.29, 0.717) is 36.7 Å². The molecule has 0 radical (unpaired) electrons. The number of para-hydroxylation sites is 1. The first-order valence-electron chi connectivity index (χ1n) is 10.6. The van der Waals surface area contributed by atoms with Crippen molar-refractivity contribution in [2.45, 2.75) is 46.7 Å². The lowest BCUT2D eigenvalue weighted by molar-refractivity contribution is -0.116. The number of hydrogen-bond acceptors (Lipinski definition) is 6. The predicted octanol–water partition coefficient (Wildman–Crippen LogP) is 4.57. The lowest BCUT2D eigenvalue weighted by atomic mass is 9.98. The first kappa shape index (κ1) is 25.9. The number of phenols is 1. The average Bonchev–Trinajstić information content (AvgIpc) is 2.78. The number of hydrogen-bond donors (Lipinski definition) is 3. The smallest absolute Gasteiger partial charge is 0.186 e. The largest absolute Gasteiger partial charge is 0.505 e. The van der Waals surface area contributed by atoms with Crippen LogP contribution < -0.4 is 10.6 Å². The monoisotopic (exact) mass is 425 g/mol. The minimum atomic E-state index is -0.155. The maximum atomic E-state index is 11.8. The highest BCUT2D eigenvalue weighted by Gasteiger charge is 2.28. The van der Waals surface area contributed by atoms with Crippen LogP contribution in [-0.2, 0) is 11.3 Å². The van der Waals surface area contributed by atoms with E-state index in [1.54, 1.807) is 12.1 Å². The van der Waals surface area contributed by atoms with Gasteiger partial charge in [0.25, 0.3) is 0 Å². The van der Waals surface area contributed by atoms with Crippen molar-refractivity contribution in [1.29, 1.82) is 0 Å². The van der Waals surface area contributed by atoms with Crippen LogP contribution in [-0.4, -0.2) is 42.2 Å². The molecular formula is C25H35N3O3. The molecule has 0 atom stereocenters. The van der Waals surface area contributed by atoms with E-state index in [1.165, 1.54) is 6.07 Å². The highest BCUT2D eigenvalue weighted by atomic mass is 16.3. The molecule has 1 aliphatic carbocycles. The topological polar surface area (TPSA) is 81.7 Å². The maximum absolute atomic E-state index is 11.8. The fourth-order valence-corrected chi connectivity index (χ4v) is 2.39. The third kappa shape index (κ3) is 7.90. The minimum absolute atomic E-state index is 0.0310. The summed E-state index contributed by atoms with van der Waals surface area (Å²) in [4.78, 5) is 24.8. The van der Waals surface area contributed by atoms with Crippen LogP contribution >= 0.6 is 0 Å². The molecule has 0 unspecified atom stereocenters. The van der Waals surface area contributed by atoms with Gasteiger partial charge in [-0.1, -0.05) is 50.2 Å². The number of rotatable bonds is 7. The summed E-state index contributed by atoms with van der Waals surface area (Å²) in [7, 11) is 4.15. The van der Waals surface area contributed by atoms with Gasteiger partial charge in [0.15, 0.2) is 12.1 Å². The molecule has 0 fully saturated rings. The zero-order valence-electron chi connectivity index (χ0n) is 19.4. The van der Waals surface area contributed by atoms with Crippen molar-refractivity contribution in [3.63, 3.8) is 0 Å². The molecule has 6 heteroatoms. The maximum Gasteiger partial charge on any atom is 0.186 e. The van der Waals surface area contributed by atoms with Crippen molar-refractivity contribution in [3.8, 4) is 5.75 Å². The molecule has 0 aliphatic heterocycles. The van der Waals surface area contributed by atoms with Crippen LogP contribution in [0, 0.1) is 0 Å². The van der Waals surface area contributed by atoms with Crippen LogP contribution in [0.4, 0.5) is 5.69 Å². The van der Waals surface area contributed by atoms with E-state index < -0.39 is 0 Å². The van der Waals surface area contributed by atoms with Gasteiger partial charge in [0.2, 0.25) is 0 Å². The quantitative estimate of drug-likeness (QED) is 0.445. The van der Waals surface area contributed by atoms with E-state index in [2.05, 4.69) is 43.5 Å². The number of carbonyl (C=O) groups excluding carboxylic acids is 2. The summed E-state index contributed by atoms with van der Waals surface area (Å²) in [6.45, 7) is 8.95. The number of Topliss-reactive ketones (excluding diaryl/α,β-unsaturated/α-hetero) is 1. The normalized spacial score (nSPS) is 12.3. The van der Waals surface area contributed by atoms with Gasteiger partial charge in [0.05, 0.1) is 17.7 Å². The van der Waals surface area contributed by atoms with Crippen LogP contribution in [0.15, 0.2) is 59.9 Å². The summed E-state index contributed by atoms with van der Waals surface area (Å²) < 4.78 is 0. The Kier molecular flexibility index (Phi) is 11.1. The van der Waals surface area contributed by atoms with Gasteiger partial charge in [-0.2, -0.15) is 0 Å². The van der Waals surface area contributed by atoms with Crippen LogP contribution in [0.2, 0.25) is 0 Å². The summed E-state index contributed by atoms with van der Waals surface area (Å²) in [5.74, 6) is -0.187. The molecule has 0 bridgehead atoms. The van der Waals surface area contributed by atoms with Crippen molar-refractivity contribution >= 4 is 17.8 Å². The van der Waals surface area contributed by atoms with E-state index in [-0.39, 0.29) is 17.1 Å². The van der Waals surface area contributed by atoms with Gasteiger partial charge in [-0.3, -0.25) is 9.59 Å². The number of anilines is 1. The molecule has 1 aliphatic rings. The summed E-state index contributed by atoms with van der Waals surface area (Å²) in [5.41, 5.74) is 2.87. The number of carbonyl (C=O) groups is 2. The Hall–Kier alpha value is -3.12. The lowest BCUT2D eigenvalue weighted by Gasteiger charge is -2.25. The number of aromatic hydroxyl groups is 1. The molecule has 2 aromatic carbocycles. The molecule has 3 N–H and O–H groups in total. The van der Waals surface area contributed by atoms with Crippen LogP contribution in [0.25, 0.3) is 0 Å². The Morgan fingerprint density at radius 3 is 2.19 bits per heavy atom. The van der Waals surface area contributed by atoms with Crippen molar-refractivity contribution in [1.82, 2.24) is 10.2 Å². The number of allylic oxidation sites excluding steroid dienone is 2. The first-order chi connectivity index (χ1) is 14.8. The SMILES string of the molecule is CC.CC(C)N(C)C.O=Cc1cccc(NC2=C(NCc3ccccc3)CC2=O)c1O.